The van der Waals surface area contributed by atoms with E-state index in [-0.39, 0.29) is 45.1 Å². The number of aliphatic hydroxyl groups is 1. The average Bonchev–Trinajstić information content (AvgIpc) is 1.40. The molecule has 1 aliphatic heterocycles. The van der Waals surface area contributed by atoms with Crippen molar-refractivity contribution in [1.82, 2.24) is 73.7 Å². The number of rotatable bonds is 37. The predicted octanol–water partition coefficient (Wildman–Crippen LogP) is -5.21. The monoisotopic (exact) mass is 1640 g/mol. The van der Waals surface area contributed by atoms with Gasteiger partial charge in [-0.15, -0.1) is 0 Å². The Morgan fingerprint density at radius 3 is 1.78 bits per heavy atom. The number of benzene rings is 1. The highest BCUT2D eigenvalue weighted by Gasteiger charge is 2.43. The summed E-state index contributed by atoms with van der Waals surface area (Å²) in [4.78, 5) is 277. The van der Waals surface area contributed by atoms with Crippen LogP contribution in [0.3, 0.4) is 0 Å². The van der Waals surface area contributed by atoms with Crippen molar-refractivity contribution < 1.29 is 126 Å². The maximum absolute atomic E-state index is 15.0. The van der Waals surface area contributed by atoms with Crippen LogP contribution in [0.15, 0.2) is 30.5 Å². The highest BCUT2D eigenvalue weighted by Crippen LogP contribution is 2.22. The number of hydrogen-bond donors (Lipinski definition) is 21. The van der Waals surface area contributed by atoms with Gasteiger partial charge in [-0.1, -0.05) is 91.3 Å². The van der Waals surface area contributed by atoms with Crippen LogP contribution < -0.4 is 81.0 Å². The summed E-state index contributed by atoms with van der Waals surface area (Å²) in [5.74, 6) is -29.9. The van der Waals surface area contributed by atoms with E-state index < -0.39 is 261 Å². The highest BCUT2D eigenvalue weighted by atomic mass is 16.5. The zero-order valence-corrected chi connectivity index (χ0v) is 66.0. The van der Waals surface area contributed by atoms with Gasteiger partial charge in [0.1, 0.15) is 72.6 Å². The van der Waals surface area contributed by atoms with Crippen LogP contribution in [0.4, 0.5) is 0 Å². The summed E-state index contributed by atoms with van der Waals surface area (Å²) in [5, 5.41) is 78.1. The van der Waals surface area contributed by atoms with E-state index in [1.807, 2.05) is 10.6 Å². The Hall–Kier alpha value is -11.9. The molecule has 1 aromatic carbocycles. The number of aliphatic carboxylic acids is 4. The third-order valence-electron chi connectivity index (χ3n) is 19.1. The zero-order chi connectivity index (χ0) is 87.4. The minimum atomic E-state index is -2.80. The van der Waals surface area contributed by atoms with E-state index in [1.165, 1.54) is 13.8 Å². The second kappa shape index (κ2) is 49.0. The zero-order valence-electron chi connectivity index (χ0n) is 66.0. The molecule has 2 heterocycles. The number of carbonyl (C=O) groups excluding carboxylic acids is 16. The maximum Gasteiger partial charge on any atom is 0.329 e. The molecule has 116 heavy (non-hydrogen) atoms. The van der Waals surface area contributed by atoms with Crippen molar-refractivity contribution in [2.75, 3.05) is 26.7 Å². The number of ether oxygens (including phenoxy) is 1. The molecule has 0 saturated carbocycles. The molecule has 0 aliphatic carbocycles. The van der Waals surface area contributed by atoms with Crippen LogP contribution in [0.25, 0.3) is 10.9 Å². The van der Waals surface area contributed by atoms with E-state index in [9.17, 15) is 117 Å². The van der Waals surface area contributed by atoms with Crippen LogP contribution in [0.5, 0.6) is 0 Å². The van der Waals surface area contributed by atoms with E-state index in [0.29, 0.717) is 40.1 Å². The lowest BCUT2D eigenvalue weighted by molar-refractivity contribution is -0.159. The fourth-order valence-corrected chi connectivity index (χ4v) is 12.0. The lowest BCUT2D eigenvalue weighted by atomic mass is 9.94. The van der Waals surface area contributed by atoms with Crippen LogP contribution in [0.2, 0.25) is 0 Å². The number of unbranched alkanes of at least 4 members (excludes halogenated alkanes) is 4. The fraction of sp³-hybridized carbons (Fsp3) is 0.616. The number of H-pyrrole nitrogens is 1. The van der Waals surface area contributed by atoms with Crippen molar-refractivity contribution in [3.05, 3.63) is 36.0 Å². The molecular formula is C73H111N17O26. The first-order valence-electron chi connectivity index (χ1n) is 37.9. The van der Waals surface area contributed by atoms with E-state index in [4.69, 9.17) is 21.9 Å². The van der Waals surface area contributed by atoms with Crippen molar-refractivity contribution in [2.24, 2.45) is 35.0 Å². The number of esters is 1. The van der Waals surface area contributed by atoms with Crippen LogP contribution in [0.1, 0.15) is 163 Å². The van der Waals surface area contributed by atoms with Gasteiger partial charge in [0.2, 0.25) is 88.6 Å². The number of likely N-dealkylation sites (N-methyl/N-ethyl adjacent to an activating group) is 1. The lowest BCUT2D eigenvalue weighted by Crippen LogP contribution is -2.64. The largest absolute Gasteiger partial charge is 0.481 e. The topological polar surface area (TPSA) is 693 Å². The standard InChI is InChI=1S/C73H111N17O26/c1-9-35(3)19-13-11-12-14-23-50(92)80-45(28-40-32-77-42-21-16-15-20-41(40)42)67(109)83-44(24-25-53(95)96)66(108)89-60(61(103)62(76)104)71(113)88-59-39(7)116-73(115)58(36(4)10-2)87-70(112)57(37(5)27-54(97)98)86-69(111)46(29-49(75)91)81-51(93)33-78-64(106)47(30-55(99)100)85-65(107)43(22-17-18-26-74)82-68(110)48(31-56(101)102)84-63(105)38(6)79-52(94)34-90(8)72(59)114/h15-16,20-21,32,35-39,43-48,57-61,77,103H,9-14,17-19,22-31,33-34,74H2,1-8H3,(H2,75,91)(H2,76,104)(H,78,106)(H,79,94)(H,80,92)(H,81,93)(H,82,110)(H,83,109)(H,84,105)(H,85,107)(H,86,111)(H,87,112)(H,88,113)(H,89,108)(H,95,96)(H,97,98)(H,99,100)(H,101,102)/t35?,36?,37?,38-,39+,43+,44+,45-,46+,47-,48-,57?,58-,59-,60-,61?/m0/s1. The second-order valence-corrected chi connectivity index (χ2v) is 28.7. The number of fused-ring (bicyclic) bond motifs is 1. The minimum absolute atomic E-state index is 0.0243. The summed E-state index contributed by atoms with van der Waals surface area (Å²) in [5.41, 5.74) is 17.8. The summed E-state index contributed by atoms with van der Waals surface area (Å²) < 4.78 is 5.78. The number of aromatic nitrogens is 1. The van der Waals surface area contributed by atoms with Gasteiger partial charge in [0, 0.05) is 43.4 Å². The minimum Gasteiger partial charge on any atom is -0.481 e. The summed E-state index contributed by atoms with van der Waals surface area (Å²) in [7, 11) is 0.903. The number of carboxylic acid groups (broad SMARTS) is 4. The summed E-state index contributed by atoms with van der Waals surface area (Å²) in [6, 6.07) is -15.3. The molecular weight excluding hydrogens is 1530 g/mol. The van der Waals surface area contributed by atoms with E-state index >= 15 is 4.79 Å². The smallest absolute Gasteiger partial charge is 0.329 e. The number of carboxylic acids is 4. The molecule has 43 nitrogen and oxygen atoms in total. The SMILES string of the molecule is CCC(C)CCCCCCC(=O)N[C@@H](Cc1c[nH]c2ccccc12)C(=O)N[C@H](CCC(=O)O)C(=O)N[C@H](C(=O)N[C@@H]1C(=O)N(C)CC(=O)N[C@@H](C)C(=O)N[C@@H](CC(=O)O)C(=O)N[C@H](CCCCN)C(=O)N[C@@H](CC(=O)O)C(=O)NCC(=O)N[C@H](CC(N)=O)C(=O)NC(C(C)CC(=O)O)C(=O)N[C@@H](C(C)CC)C(=O)O[C@@H]1C)C(O)C(N)=O. The molecule has 0 spiro atoms. The van der Waals surface area contributed by atoms with Crippen molar-refractivity contribution in [3.63, 3.8) is 0 Å². The van der Waals surface area contributed by atoms with Gasteiger partial charge in [0.25, 0.3) is 0 Å². The first-order chi connectivity index (χ1) is 54.5. The number of hydrogen-bond acceptors (Lipinski definition) is 23. The first-order valence-corrected chi connectivity index (χ1v) is 37.9. The Morgan fingerprint density at radius 1 is 0.586 bits per heavy atom. The summed E-state index contributed by atoms with van der Waals surface area (Å²) in [6.45, 7) is 7.93. The average molecular weight is 1640 g/mol. The Morgan fingerprint density at radius 2 is 1.17 bits per heavy atom. The Kier molecular flexibility index (Phi) is 41.5. The van der Waals surface area contributed by atoms with Gasteiger partial charge in [0.05, 0.1) is 38.8 Å². The van der Waals surface area contributed by atoms with Gasteiger partial charge in [-0.05, 0) is 81.9 Å². The molecule has 24 N–H and O–H groups in total. The molecule has 1 aliphatic rings. The number of primary amides is 2. The van der Waals surface area contributed by atoms with E-state index in [2.05, 4.69) is 72.0 Å². The van der Waals surface area contributed by atoms with Gasteiger partial charge in [-0.25, -0.2) is 4.79 Å². The lowest BCUT2D eigenvalue weighted by Gasteiger charge is -2.33. The first kappa shape index (κ1) is 98.3. The van der Waals surface area contributed by atoms with E-state index in [0.717, 1.165) is 53.5 Å². The Labute approximate surface area is 667 Å². The molecule has 2 aromatic rings. The van der Waals surface area contributed by atoms with Gasteiger partial charge < -0.3 is 121 Å². The molecule has 1 aromatic heterocycles. The molecule has 3 rings (SSSR count). The molecule has 15 amide bonds. The molecule has 0 radical (unpaired) electrons. The predicted molar refractivity (Wildman–Crippen MR) is 406 cm³/mol. The number of aromatic amines is 1. The Bertz CT molecular complexity index is 3860. The molecule has 0 bridgehead atoms. The van der Waals surface area contributed by atoms with Crippen LogP contribution in [0, 0.1) is 17.8 Å². The number of carbonyl (C=O) groups is 20. The van der Waals surface area contributed by atoms with Crippen LogP contribution in [-0.2, 0) is 107 Å². The fourth-order valence-electron chi connectivity index (χ4n) is 12.0. The Balaban J connectivity index is 2.28. The third kappa shape index (κ3) is 33.6. The number of aliphatic hydroxyl groups excluding tert-OH is 1. The quantitative estimate of drug-likeness (QED) is 0.0222. The van der Waals surface area contributed by atoms with Crippen LogP contribution >= 0.6 is 0 Å². The maximum atomic E-state index is 15.0. The van der Waals surface area contributed by atoms with Crippen molar-refractivity contribution in [3.8, 4) is 0 Å². The van der Waals surface area contributed by atoms with Crippen molar-refractivity contribution in [1.29, 1.82) is 0 Å². The number of nitrogens with zero attached hydrogens (tertiary/aromatic N) is 1. The molecule has 644 valence electrons. The second-order valence-electron chi connectivity index (χ2n) is 28.7. The highest BCUT2D eigenvalue weighted by molar-refractivity contribution is 6.02. The van der Waals surface area contributed by atoms with Gasteiger partial charge in [-0.3, -0.25) is 91.1 Å². The molecule has 5 unspecified atom stereocenters. The third-order valence-corrected chi connectivity index (χ3v) is 19.1. The van der Waals surface area contributed by atoms with Gasteiger partial charge in [0.15, 0.2) is 6.10 Å². The van der Waals surface area contributed by atoms with Gasteiger partial charge in [-0.2, -0.15) is 0 Å². The van der Waals surface area contributed by atoms with Crippen molar-refractivity contribution in [2.45, 2.75) is 243 Å². The summed E-state index contributed by atoms with van der Waals surface area (Å²) in [6.07, 6.45) is -4.84. The normalized spacial score (nSPS) is 22.1. The number of nitrogens with one attached hydrogen (secondary N) is 13. The molecule has 16 atom stereocenters. The number of nitrogens with two attached hydrogens (primary N) is 3. The van der Waals surface area contributed by atoms with E-state index in [1.54, 1.807) is 30.5 Å². The number of amides is 15. The summed E-state index contributed by atoms with van der Waals surface area (Å²) >= 11 is 0. The van der Waals surface area contributed by atoms with Crippen molar-refractivity contribution >= 4 is 129 Å². The van der Waals surface area contributed by atoms with Gasteiger partial charge >= 0.3 is 29.8 Å². The van der Waals surface area contributed by atoms with Crippen LogP contribution in [-0.4, -0.2) is 259 Å². The molecule has 1 saturated heterocycles. The number of cyclic esters (lactones) is 1. The number of para-hydroxylation sites is 1. The molecule has 1 fully saturated rings. The molecule has 43 heteroatoms.